The van der Waals surface area contributed by atoms with Crippen molar-refractivity contribution in [3.05, 3.63) is 111 Å². The molecule has 5 heterocycles. The summed E-state index contributed by atoms with van der Waals surface area (Å²) in [5.74, 6) is -0.464. The van der Waals surface area contributed by atoms with Crippen LogP contribution in [0.4, 0.5) is 28.4 Å². The van der Waals surface area contributed by atoms with Crippen molar-refractivity contribution in [1.29, 1.82) is 0 Å². The lowest BCUT2D eigenvalue weighted by Crippen LogP contribution is -2.47. The number of aromatic amines is 1. The van der Waals surface area contributed by atoms with Gasteiger partial charge in [-0.15, -0.1) is 0 Å². The number of amides is 1. The van der Waals surface area contributed by atoms with Crippen LogP contribution in [0, 0.1) is 21.4 Å². The molecule has 1 amide bonds. The summed E-state index contributed by atoms with van der Waals surface area (Å²) in [6, 6.07) is 20.7. The average molecular weight is 958 g/mol. The highest BCUT2D eigenvalue weighted by molar-refractivity contribution is 7.91. The van der Waals surface area contributed by atoms with Gasteiger partial charge in [0.15, 0.2) is 0 Å². The minimum atomic E-state index is -4.62. The number of nitro groups is 1. The molecule has 0 unspecified atom stereocenters. The number of nitrogens with zero attached hydrogens (tertiary/aromatic N) is 5. The molecule has 4 aliphatic rings. The van der Waals surface area contributed by atoms with Crippen LogP contribution in [-0.4, -0.2) is 106 Å². The number of H-pyrrole nitrogens is 1. The number of hydrogen-bond donors (Lipinski definition) is 3. The third-order valence-corrected chi connectivity index (χ3v) is 16.6. The van der Waals surface area contributed by atoms with Crippen LogP contribution in [0.1, 0.15) is 61.9 Å². The van der Waals surface area contributed by atoms with Crippen LogP contribution in [0.2, 0.25) is 5.02 Å². The van der Waals surface area contributed by atoms with E-state index in [1.807, 2.05) is 41.3 Å². The van der Waals surface area contributed by atoms with Crippen molar-refractivity contribution in [3.8, 4) is 5.88 Å². The highest BCUT2D eigenvalue weighted by Crippen LogP contribution is 2.44. The molecule has 19 heteroatoms. The Hall–Kier alpha value is -5.69. The first-order valence-electron chi connectivity index (χ1n) is 22.3. The molecule has 16 nitrogen and oxygen atoms in total. The number of hydrogen-bond acceptors (Lipinski definition) is 13. The number of nitrogens with one attached hydrogen (secondary N) is 3. The molecular formula is C47H53ClN8O8S2. The predicted molar refractivity (Wildman–Crippen MR) is 257 cm³/mol. The number of allylic oxidation sites excluding steroid dienone is 1. The predicted octanol–water partition coefficient (Wildman–Crippen LogP) is 7.80. The Morgan fingerprint density at radius 3 is 2.48 bits per heavy atom. The number of piperazine rings is 1. The van der Waals surface area contributed by atoms with Gasteiger partial charge in [0.1, 0.15) is 33.5 Å². The highest BCUT2D eigenvalue weighted by Gasteiger charge is 2.33. The normalized spacial score (nSPS) is 19.0. The lowest BCUT2D eigenvalue weighted by molar-refractivity contribution is -0.384. The van der Waals surface area contributed by atoms with Crippen molar-refractivity contribution >= 4 is 82.4 Å². The Morgan fingerprint density at radius 2 is 1.74 bits per heavy atom. The first kappa shape index (κ1) is 45.5. The highest BCUT2D eigenvalue weighted by atomic mass is 35.5. The van der Waals surface area contributed by atoms with Crippen molar-refractivity contribution in [2.45, 2.75) is 50.8 Å². The van der Waals surface area contributed by atoms with E-state index in [-0.39, 0.29) is 47.2 Å². The van der Waals surface area contributed by atoms with E-state index in [0.717, 1.165) is 74.1 Å². The summed E-state index contributed by atoms with van der Waals surface area (Å²) in [5.41, 5.74) is 6.54. The number of ether oxygens (including phenoxy) is 1. The number of fused-ring (bicyclic) bond motifs is 2. The first-order valence-corrected chi connectivity index (χ1v) is 26.0. The largest absolute Gasteiger partial charge is 0.474 e. The molecule has 0 spiro atoms. The summed E-state index contributed by atoms with van der Waals surface area (Å²) in [7, 11) is -7.70. The van der Waals surface area contributed by atoms with Crippen LogP contribution in [0.25, 0.3) is 16.6 Å². The van der Waals surface area contributed by atoms with E-state index in [1.165, 1.54) is 28.8 Å². The molecule has 0 bridgehead atoms. The summed E-state index contributed by atoms with van der Waals surface area (Å²) in [6.45, 7) is 9.51. The monoisotopic (exact) mass is 956 g/mol. The van der Waals surface area contributed by atoms with Crippen LogP contribution in [0.3, 0.4) is 0 Å². The molecule has 3 N–H and O–H groups in total. The van der Waals surface area contributed by atoms with Gasteiger partial charge in [0.2, 0.25) is 5.88 Å². The summed E-state index contributed by atoms with van der Waals surface area (Å²) < 4.78 is 59.7. The Labute approximate surface area is 389 Å². The number of sulfonamides is 1. The number of anilines is 4. The molecule has 5 aromatic rings. The van der Waals surface area contributed by atoms with Crippen molar-refractivity contribution in [3.63, 3.8) is 0 Å². The SMILES string of the molecule is CC1(C)CCC(CN2CCN(c3ccc(C(=O)NS(=O)(=O)c4ccc(NCC5CCS(=O)(=O)CC5)c([N+](=O)[O-])c4)c(N4CCOc5nc6[nH]ccc6cc54)c3)CC2)=C(c2ccc(Cl)cc2)C1. The third kappa shape index (κ3) is 9.87. The van der Waals surface area contributed by atoms with Gasteiger partial charge in [0, 0.05) is 67.6 Å². The lowest BCUT2D eigenvalue weighted by Gasteiger charge is -2.39. The number of nitro benzene ring substituents is 1. The standard InChI is InChI=1S/C47H53ClN8O8S2/c1-47(2)15-11-34(39(28-47)32-3-5-35(48)6-4-32)30-53-17-19-54(20-18-53)36-7-9-38(41(26-36)55-21-22-64-46-43(55)25-33-12-16-49-44(33)51-46)45(57)52-66(62,63)37-8-10-40(42(27-37)56(58)59)50-29-31-13-23-65(60,61)24-14-31/h3-10,12,16,25-27,31,50H,11,13-15,17-24,28-30H2,1-2H3,(H,49,51)(H,52,57). The maximum atomic E-state index is 14.3. The molecule has 2 saturated heterocycles. The maximum Gasteiger partial charge on any atom is 0.293 e. The van der Waals surface area contributed by atoms with Gasteiger partial charge in [-0.3, -0.25) is 19.8 Å². The van der Waals surface area contributed by atoms with E-state index in [1.54, 1.807) is 12.3 Å². The van der Waals surface area contributed by atoms with E-state index in [9.17, 15) is 31.7 Å². The van der Waals surface area contributed by atoms with Crippen LogP contribution in [-0.2, 0) is 19.9 Å². The molecule has 348 valence electrons. The Morgan fingerprint density at radius 1 is 0.985 bits per heavy atom. The topological polar surface area (TPSA) is 200 Å². The minimum absolute atomic E-state index is 0.0174. The van der Waals surface area contributed by atoms with E-state index in [2.05, 4.69) is 55.8 Å². The zero-order chi connectivity index (χ0) is 46.4. The number of rotatable bonds is 12. The van der Waals surface area contributed by atoms with Gasteiger partial charge in [-0.1, -0.05) is 43.2 Å². The Kier molecular flexibility index (Phi) is 12.5. The molecule has 0 radical (unpaired) electrons. The molecule has 66 heavy (non-hydrogen) atoms. The number of benzene rings is 3. The van der Waals surface area contributed by atoms with Gasteiger partial charge in [0.05, 0.1) is 39.1 Å². The summed E-state index contributed by atoms with van der Waals surface area (Å²) in [5, 5.41) is 16.8. The van der Waals surface area contributed by atoms with Gasteiger partial charge < -0.3 is 24.8 Å². The number of pyridine rings is 1. The Bertz CT molecular complexity index is 2940. The number of sulfone groups is 1. The van der Waals surface area contributed by atoms with E-state index in [0.29, 0.717) is 42.3 Å². The fourth-order valence-corrected chi connectivity index (χ4v) is 12.2. The zero-order valence-electron chi connectivity index (χ0n) is 36.9. The van der Waals surface area contributed by atoms with Crippen LogP contribution in [0.5, 0.6) is 5.88 Å². The molecule has 0 saturated carbocycles. The molecule has 3 aromatic carbocycles. The zero-order valence-corrected chi connectivity index (χ0v) is 39.3. The second-order valence-corrected chi connectivity index (χ2v) is 22.9. The Balaban J connectivity index is 0.966. The number of aromatic nitrogens is 2. The van der Waals surface area contributed by atoms with E-state index in [4.69, 9.17) is 16.3 Å². The van der Waals surface area contributed by atoms with Crippen molar-refractivity contribution in [2.75, 3.05) is 79.0 Å². The summed E-state index contributed by atoms with van der Waals surface area (Å²) in [6.07, 6.45) is 5.80. The van der Waals surface area contributed by atoms with Gasteiger partial charge in [-0.2, -0.15) is 4.98 Å². The third-order valence-electron chi connectivity index (χ3n) is 13.3. The van der Waals surface area contributed by atoms with Crippen molar-refractivity contribution in [2.24, 2.45) is 11.3 Å². The first-order chi connectivity index (χ1) is 31.5. The average Bonchev–Trinajstić information content (AvgIpc) is 3.76. The van der Waals surface area contributed by atoms with Crippen molar-refractivity contribution < 1.29 is 31.3 Å². The van der Waals surface area contributed by atoms with E-state index < -0.39 is 41.3 Å². The minimum Gasteiger partial charge on any atom is -0.474 e. The molecule has 2 aromatic heterocycles. The maximum absolute atomic E-state index is 14.3. The van der Waals surface area contributed by atoms with Crippen molar-refractivity contribution in [1.82, 2.24) is 19.6 Å². The summed E-state index contributed by atoms with van der Waals surface area (Å²) >= 11 is 6.26. The van der Waals surface area contributed by atoms with Gasteiger partial charge in [-0.25, -0.2) is 21.6 Å². The fourth-order valence-electron chi connectivity index (χ4n) is 9.50. The van der Waals surface area contributed by atoms with Crippen LogP contribution < -0.4 is 24.6 Å². The summed E-state index contributed by atoms with van der Waals surface area (Å²) in [4.78, 5) is 39.8. The number of carbonyl (C=O) groups is 1. The molecule has 0 atom stereocenters. The fraction of sp³-hybridized carbons (Fsp3) is 0.404. The smallest absolute Gasteiger partial charge is 0.293 e. The van der Waals surface area contributed by atoms with Crippen LogP contribution >= 0.6 is 11.6 Å². The number of halogens is 1. The molecule has 3 aliphatic heterocycles. The molecular weight excluding hydrogens is 904 g/mol. The van der Waals surface area contributed by atoms with Gasteiger partial charge in [-0.05, 0) is 109 Å². The van der Waals surface area contributed by atoms with Gasteiger partial charge >= 0.3 is 0 Å². The van der Waals surface area contributed by atoms with Gasteiger partial charge in [0.25, 0.3) is 21.6 Å². The second-order valence-electron chi connectivity index (χ2n) is 18.5. The van der Waals surface area contributed by atoms with Crippen LogP contribution in [0.15, 0.2) is 89.5 Å². The lowest BCUT2D eigenvalue weighted by atomic mass is 9.72. The molecule has 9 rings (SSSR count). The quantitative estimate of drug-likeness (QED) is 0.0809. The van der Waals surface area contributed by atoms with E-state index >= 15 is 0 Å². The number of carbonyl (C=O) groups excluding carboxylic acids is 1. The molecule has 1 aliphatic carbocycles. The second kappa shape index (κ2) is 18.2. The molecule has 2 fully saturated rings.